The minimum absolute atomic E-state index is 0.0603. The zero-order valence-corrected chi connectivity index (χ0v) is 16.6. The summed E-state index contributed by atoms with van der Waals surface area (Å²) in [6.45, 7) is 0.710. The molecule has 1 saturated carbocycles. The Morgan fingerprint density at radius 3 is 2.38 bits per heavy atom. The van der Waals surface area contributed by atoms with Gasteiger partial charge in [-0.2, -0.15) is 0 Å². The Labute approximate surface area is 174 Å². The van der Waals surface area contributed by atoms with Crippen molar-refractivity contribution in [3.05, 3.63) is 64.7 Å². The van der Waals surface area contributed by atoms with Crippen LogP contribution in [0.1, 0.15) is 35.2 Å². The molecule has 150 valence electrons. The molecule has 1 saturated heterocycles. The maximum atomic E-state index is 12.5. The number of nitrogens with zero attached hydrogens (tertiary/aromatic N) is 1. The van der Waals surface area contributed by atoms with Crippen LogP contribution in [0.5, 0.6) is 0 Å². The van der Waals surface area contributed by atoms with Crippen LogP contribution < -0.4 is 15.5 Å². The van der Waals surface area contributed by atoms with E-state index in [0.717, 1.165) is 24.1 Å². The van der Waals surface area contributed by atoms with Crippen LogP contribution in [0.15, 0.2) is 48.5 Å². The van der Waals surface area contributed by atoms with Gasteiger partial charge in [0.05, 0.1) is 5.92 Å². The highest BCUT2D eigenvalue weighted by Crippen LogP contribution is 2.26. The molecule has 2 aromatic carbocycles. The fourth-order valence-electron chi connectivity index (χ4n) is 3.36. The Bertz CT molecular complexity index is 923. The highest BCUT2D eigenvalue weighted by Gasteiger charge is 2.35. The number of rotatable bonds is 6. The van der Waals surface area contributed by atoms with Gasteiger partial charge < -0.3 is 15.5 Å². The molecule has 1 atom stereocenters. The summed E-state index contributed by atoms with van der Waals surface area (Å²) in [6, 6.07) is 14.5. The molecular weight excluding hydrogens is 390 g/mol. The summed E-state index contributed by atoms with van der Waals surface area (Å²) in [6.07, 6.45) is 2.29. The van der Waals surface area contributed by atoms with Gasteiger partial charge in [-0.1, -0.05) is 23.7 Å². The van der Waals surface area contributed by atoms with E-state index < -0.39 is 0 Å². The second-order valence-corrected chi connectivity index (χ2v) is 7.98. The predicted molar refractivity (Wildman–Crippen MR) is 111 cm³/mol. The lowest BCUT2D eigenvalue weighted by atomic mass is 10.1. The van der Waals surface area contributed by atoms with Gasteiger partial charge in [-0.3, -0.25) is 14.4 Å². The number of carbonyl (C=O) groups excluding carboxylic acids is 3. The van der Waals surface area contributed by atoms with E-state index in [-0.39, 0.29) is 30.1 Å². The van der Waals surface area contributed by atoms with Crippen LogP contribution in [0, 0.1) is 5.92 Å². The lowest BCUT2D eigenvalue weighted by molar-refractivity contribution is -0.126. The molecule has 0 aromatic heterocycles. The molecule has 0 spiro atoms. The van der Waals surface area contributed by atoms with Gasteiger partial charge in [-0.05, 0) is 54.8 Å². The van der Waals surface area contributed by atoms with Crippen LogP contribution >= 0.6 is 11.6 Å². The van der Waals surface area contributed by atoms with Crippen molar-refractivity contribution < 1.29 is 14.4 Å². The first-order valence-corrected chi connectivity index (χ1v) is 10.1. The molecule has 1 aliphatic carbocycles. The molecule has 1 aliphatic heterocycles. The Balaban J connectivity index is 1.29. The molecule has 2 N–H and O–H groups in total. The molecule has 4 rings (SSSR count). The van der Waals surface area contributed by atoms with E-state index in [9.17, 15) is 14.4 Å². The zero-order valence-electron chi connectivity index (χ0n) is 15.9. The fourth-order valence-corrected chi connectivity index (χ4v) is 3.48. The summed E-state index contributed by atoms with van der Waals surface area (Å²) >= 11 is 5.90. The largest absolute Gasteiger partial charge is 0.352 e. The van der Waals surface area contributed by atoms with Crippen molar-refractivity contribution in [3.8, 4) is 0 Å². The number of halogens is 1. The molecule has 0 radical (unpaired) electrons. The normalized spacial score (nSPS) is 18.6. The summed E-state index contributed by atoms with van der Waals surface area (Å²) in [5, 5.41) is 6.45. The number of amides is 3. The van der Waals surface area contributed by atoms with Crippen LogP contribution in [-0.2, 0) is 16.1 Å². The van der Waals surface area contributed by atoms with Crippen molar-refractivity contribution in [1.82, 2.24) is 10.6 Å². The molecule has 3 amide bonds. The number of hydrogen-bond donors (Lipinski definition) is 2. The monoisotopic (exact) mass is 411 g/mol. The van der Waals surface area contributed by atoms with Crippen LogP contribution in [0.25, 0.3) is 0 Å². The first-order chi connectivity index (χ1) is 14.0. The molecule has 0 bridgehead atoms. The van der Waals surface area contributed by atoms with Crippen molar-refractivity contribution >= 4 is 35.0 Å². The van der Waals surface area contributed by atoms with Gasteiger partial charge >= 0.3 is 0 Å². The highest BCUT2D eigenvalue weighted by atomic mass is 35.5. The van der Waals surface area contributed by atoms with Crippen LogP contribution in [0.2, 0.25) is 5.02 Å². The first kappa shape index (κ1) is 19.5. The molecule has 2 aliphatic rings. The molecule has 2 fully saturated rings. The number of carbonyl (C=O) groups is 3. The second kappa shape index (κ2) is 8.25. The fraction of sp³-hybridized carbons (Fsp3) is 0.318. The first-order valence-electron chi connectivity index (χ1n) is 9.73. The lowest BCUT2D eigenvalue weighted by Gasteiger charge is -2.16. The minimum atomic E-state index is -0.387. The van der Waals surface area contributed by atoms with Crippen LogP contribution in [0.3, 0.4) is 0 Å². The smallest absolute Gasteiger partial charge is 0.251 e. The minimum Gasteiger partial charge on any atom is -0.352 e. The number of hydrogen-bond acceptors (Lipinski definition) is 3. The van der Waals surface area contributed by atoms with Crippen molar-refractivity contribution in [3.63, 3.8) is 0 Å². The maximum Gasteiger partial charge on any atom is 0.251 e. The molecule has 29 heavy (non-hydrogen) atoms. The Hall–Kier alpha value is -2.86. The summed E-state index contributed by atoms with van der Waals surface area (Å²) < 4.78 is 0. The Morgan fingerprint density at radius 1 is 1.03 bits per heavy atom. The SMILES string of the molecule is O=C(NC1CC1)c1ccc(CNC(=O)C2CC(=O)N(c3ccc(Cl)cc3)C2)cc1. The third-order valence-corrected chi connectivity index (χ3v) is 5.48. The standard InChI is InChI=1S/C22H22ClN3O3/c23-17-5-9-19(10-6-17)26-13-16(11-20(26)27)21(28)24-12-14-1-3-15(4-2-14)22(29)25-18-7-8-18/h1-6,9-10,16,18H,7-8,11-13H2,(H,24,28)(H,25,29). The van der Waals surface area contributed by atoms with Crippen molar-refractivity contribution in [1.29, 1.82) is 0 Å². The quantitative estimate of drug-likeness (QED) is 0.767. The van der Waals surface area contributed by atoms with E-state index in [2.05, 4.69) is 10.6 Å². The Kier molecular flexibility index (Phi) is 5.53. The van der Waals surface area contributed by atoms with Gasteiger partial charge in [0.2, 0.25) is 11.8 Å². The molecule has 1 heterocycles. The zero-order chi connectivity index (χ0) is 20.4. The Morgan fingerprint density at radius 2 is 1.72 bits per heavy atom. The van der Waals surface area contributed by atoms with E-state index in [1.54, 1.807) is 41.3 Å². The van der Waals surface area contributed by atoms with Gasteiger partial charge in [-0.25, -0.2) is 0 Å². The average Bonchev–Trinajstić information content (AvgIpc) is 3.46. The predicted octanol–water partition coefficient (Wildman–Crippen LogP) is 2.90. The second-order valence-electron chi connectivity index (χ2n) is 7.54. The van der Waals surface area contributed by atoms with E-state index in [0.29, 0.717) is 29.7 Å². The topological polar surface area (TPSA) is 78.5 Å². The number of nitrogens with one attached hydrogen (secondary N) is 2. The van der Waals surface area contributed by atoms with Crippen molar-refractivity contribution in [2.45, 2.75) is 31.8 Å². The molecule has 6 nitrogen and oxygen atoms in total. The van der Waals surface area contributed by atoms with E-state index in [1.165, 1.54) is 0 Å². The van der Waals surface area contributed by atoms with Crippen molar-refractivity contribution in [2.24, 2.45) is 5.92 Å². The molecular formula is C22H22ClN3O3. The molecule has 2 aromatic rings. The highest BCUT2D eigenvalue weighted by molar-refractivity contribution is 6.30. The van der Waals surface area contributed by atoms with Gasteiger partial charge in [0.1, 0.15) is 0 Å². The molecule has 7 heteroatoms. The van der Waals surface area contributed by atoms with Gasteiger partial charge in [-0.15, -0.1) is 0 Å². The summed E-state index contributed by atoms with van der Waals surface area (Å²) in [5.74, 6) is -0.666. The van der Waals surface area contributed by atoms with Gasteiger partial charge in [0.25, 0.3) is 5.91 Å². The third kappa shape index (κ3) is 4.77. The third-order valence-electron chi connectivity index (χ3n) is 5.23. The number of anilines is 1. The van der Waals surface area contributed by atoms with E-state index in [4.69, 9.17) is 11.6 Å². The maximum absolute atomic E-state index is 12.5. The summed E-state index contributed by atoms with van der Waals surface area (Å²) in [7, 11) is 0. The number of benzene rings is 2. The van der Waals surface area contributed by atoms with Gasteiger partial charge in [0.15, 0.2) is 0 Å². The van der Waals surface area contributed by atoms with E-state index >= 15 is 0 Å². The van der Waals surface area contributed by atoms with Gasteiger partial charge in [0, 0.05) is 41.8 Å². The summed E-state index contributed by atoms with van der Waals surface area (Å²) in [4.78, 5) is 38.5. The van der Waals surface area contributed by atoms with Crippen LogP contribution in [0.4, 0.5) is 5.69 Å². The summed E-state index contributed by atoms with van der Waals surface area (Å²) in [5.41, 5.74) is 2.27. The van der Waals surface area contributed by atoms with Crippen molar-refractivity contribution in [2.75, 3.05) is 11.4 Å². The van der Waals surface area contributed by atoms with Crippen LogP contribution in [-0.4, -0.2) is 30.3 Å². The van der Waals surface area contributed by atoms with E-state index in [1.807, 2.05) is 12.1 Å². The molecule has 1 unspecified atom stereocenters. The average molecular weight is 412 g/mol. The lowest BCUT2D eigenvalue weighted by Crippen LogP contribution is -2.32.